The van der Waals surface area contributed by atoms with Gasteiger partial charge in [-0.05, 0) is 19.8 Å². The molecule has 1 rings (SSSR count). The van der Waals surface area contributed by atoms with Gasteiger partial charge in [-0.1, -0.05) is 20.3 Å². The van der Waals surface area contributed by atoms with Crippen LogP contribution in [0.25, 0.3) is 0 Å². The van der Waals surface area contributed by atoms with E-state index in [0.29, 0.717) is 0 Å². The molecule has 6 heteroatoms. The quantitative estimate of drug-likeness (QED) is 0.794. The zero-order chi connectivity index (χ0) is 13.5. The molecule has 102 valence electrons. The van der Waals surface area contributed by atoms with Gasteiger partial charge in [-0.2, -0.15) is 0 Å². The Morgan fingerprint density at radius 2 is 2.28 bits per heavy atom. The summed E-state index contributed by atoms with van der Waals surface area (Å²) in [7, 11) is 0. The van der Waals surface area contributed by atoms with Crippen LogP contribution in [0.2, 0.25) is 0 Å². The molecule has 6 nitrogen and oxygen atoms in total. The summed E-state index contributed by atoms with van der Waals surface area (Å²) in [6.45, 7) is 7.29. The van der Waals surface area contributed by atoms with E-state index in [1.807, 2.05) is 4.90 Å². The average molecular weight is 253 g/mol. The highest BCUT2D eigenvalue weighted by Crippen LogP contribution is 2.07. The molecule has 1 atom stereocenters. The van der Waals surface area contributed by atoms with Gasteiger partial charge in [-0.25, -0.2) is 9.67 Å². The Morgan fingerprint density at radius 3 is 2.78 bits per heavy atom. The summed E-state index contributed by atoms with van der Waals surface area (Å²) >= 11 is 0. The Balaban J connectivity index is 2.63. The Hall–Kier alpha value is -1.59. The molecule has 1 amide bonds. The van der Waals surface area contributed by atoms with Gasteiger partial charge < -0.3 is 10.6 Å². The number of aromatic nitrogens is 3. The second kappa shape index (κ2) is 6.98. The number of rotatable bonds is 7. The third kappa shape index (κ3) is 4.01. The van der Waals surface area contributed by atoms with Gasteiger partial charge >= 0.3 is 0 Å². The molecule has 1 unspecified atom stereocenters. The smallest absolute Gasteiger partial charge is 0.244 e. The van der Waals surface area contributed by atoms with Crippen LogP contribution >= 0.6 is 0 Å². The number of anilines is 1. The summed E-state index contributed by atoms with van der Waals surface area (Å²) in [5, 5.41) is 3.93. The highest BCUT2D eigenvalue weighted by Gasteiger charge is 2.18. The number of carbonyl (C=O) groups is 1. The zero-order valence-corrected chi connectivity index (χ0v) is 11.5. The minimum absolute atomic E-state index is 0.0719. The molecule has 0 spiro atoms. The third-order valence-electron chi connectivity index (χ3n) is 3.05. The average Bonchev–Trinajstić information content (AvgIpc) is 2.74. The Labute approximate surface area is 108 Å². The van der Waals surface area contributed by atoms with Crippen LogP contribution in [0.5, 0.6) is 0 Å². The molecule has 2 N–H and O–H groups in total. The van der Waals surface area contributed by atoms with Crippen molar-refractivity contribution in [3.8, 4) is 0 Å². The first-order valence-corrected chi connectivity index (χ1v) is 6.52. The number of nitrogens with zero attached hydrogens (tertiary/aromatic N) is 4. The maximum atomic E-state index is 12.2. The summed E-state index contributed by atoms with van der Waals surface area (Å²) in [5.74, 6) is 0.272. The number of hydrogen-bond donors (Lipinski definition) is 1. The summed E-state index contributed by atoms with van der Waals surface area (Å²) in [4.78, 5) is 18.0. The van der Waals surface area contributed by atoms with E-state index in [1.54, 1.807) is 0 Å². The maximum absolute atomic E-state index is 12.2. The van der Waals surface area contributed by atoms with Crippen molar-refractivity contribution in [2.24, 2.45) is 0 Å². The molecule has 18 heavy (non-hydrogen) atoms. The Morgan fingerprint density at radius 1 is 1.56 bits per heavy atom. The fourth-order valence-corrected chi connectivity index (χ4v) is 1.75. The SMILES string of the molecule is CCCCN(C(=O)Cn1cnc(N)n1)C(C)CC. The lowest BCUT2D eigenvalue weighted by Crippen LogP contribution is -2.41. The van der Waals surface area contributed by atoms with Gasteiger partial charge in [-0.3, -0.25) is 4.79 Å². The lowest BCUT2D eigenvalue weighted by Gasteiger charge is -2.28. The second-order valence-corrected chi connectivity index (χ2v) is 4.50. The van der Waals surface area contributed by atoms with Crippen LogP contribution in [0.15, 0.2) is 6.33 Å². The fourth-order valence-electron chi connectivity index (χ4n) is 1.75. The van der Waals surface area contributed by atoms with Crippen molar-refractivity contribution in [3.05, 3.63) is 6.33 Å². The summed E-state index contributed by atoms with van der Waals surface area (Å²) in [6, 6.07) is 0.255. The minimum Gasteiger partial charge on any atom is -0.367 e. The van der Waals surface area contributed by atoms with Crippen LogP contribution < -0.4 is 5.73 Å². The molecule has 0 aliphatic carbocycles. The monoisotopic (exact) mass is 253 g/mol. The van der Waals surface area contributed by atoms with Gasteiger partial charge in [0.15, 0.2) is 0 Å². The predicted molar refractivity (Wildman–Crippen MR) is 70.8 cm³/mol. The second-order valence-electron chi connectivity index (χ2n) is 4.50. The van der Waals surface area contributed by atoms with Crippen LogP contribution in [0.1, 0.15) is 40.0 Å². The zero-order valence-electron chi connectivity index (χ0n) is 11.5. The fraction of sp³-hybridized carbons (Fsp3) is 0.750. The van der Waals surface area contributed by atoms with Gasteiger partial charge in [0.05, 0.1) is 0 Å². The molecule has 1 aromatic heterocycles. The molecule has 1 aromatic rings. The van der Waals surface area contributed by atoms with Gasteiger partial charge in [-0.15, -0.1) is 5.10 Å². The van der Waals surface area contributed by atoms with Crippen LogP contribution in [-0.4, -0.2) is 38.2 Å². The lowest BCUT2D eigenvalue weighted by atomic mass is 10.2. The first-order chi connectivity index (χ1) is 8.58. The van der Waals surface area contributed by atoms with E-state index < -0.39 is 0 Å². The first-order valence-electron chi connectivity index (χ1n) is 6.52. The number of unbranched alkanes of at least 4 members (excludes halogenated alkanes) is 1. The topological polar surface area (TPSA) is 77.0 Å². The lowest BCUT2D eigenvalue weighted by molar-refractivity contribution is -0.134. The van der Waals surface area contributed by atoms with Crippen LogP contribution in [0, 0.1) is 0 Å². The molecule has 0 aromatic carbocycles. The van der Waals surface area contributed by atoms with Crippen molar-refractivity contribution in [1.29, 1.82) is 0 Å². The normalized spacial score (nSPS) is 12.4. The molecule has 1 heterocycles. The standard InChI is InChI=1S/C12H23N5O/c1-4-6-7-17(10(3)5-2)11(18)8-16-9-14-12(13)15-16/h9-10H,4-8H2,1-3H3,(H2,13,15). The highest BCUT2D eigenvalue weighted by molar-refractivity contribution is 5.76. The van der Waals surface area contributed by atoms with E-state index in [-0.39, 0.29) is 24.4 Å². The minimum atomic E-state index is 0.0719. The number of amides is 1. The van der Waals surface area contributed by atoms with Crippen molar-refractivity contribution >= 4 is 11.9 Å². The number of nitrogens with two attached hydrogens (primary N) is 1. The molecule has 0 aliphatic heterocycles. The van der Waals surface area contributed by atoms with E-state index in [4.69, 9.17) is 5.73 Å². The summed E-state index contributed by atoms with van der Waals surface area (Å²) in [5.41, 5.74) is 5.43. The van der Waals surface area contributed by atoms with E-state index in [2.05, 4.69) is 30.9 Å². The highest BCUT2D eigenvalue weighted by atomic mass is 16.2. The number of hydrogen-bond acceptors (Lipinski definition) is 4. The summed E-state index contributed by atoms with van der Waals surface area (Å²) in [6.07, 6.45) is 4.54. The number of nitrogen functional groups attached to an aromatic ring is 1. The third-order valence-corrected chi connectivity index (χ3v) is 3.05. The molecular formula is C12H23N5O. The molecular weight excluding hydrogens is 230 g/mol. The van der Waals surface area contributed by atoms with Crippen LogP contribution in [0.4, 0.5) is 5.95 Å². The van der Waals surface area contributed by atoms with Crippen molar-refractivity contribution in [2.45, 2.75) is 52.6 Å². The molecule has 0 radical (unpaired) electrons. The molecule has 0 saturated heterocycles. The van der Waals surface area contributed by atoms with Crippen LogP contribution in [0.3, 0.4) is 0 Å². The Bertz CT molecular complexity index is 376. The van der Waals surface area contributed by atoms with Crippen molar-refractivity contribution in [1.82, 2.24) is 19.7 Å². The molecule has 0 saturated carbocycles. The van der Waals surface area contributed by atoms with E-state index in [9.17, 15) is 4.79 Å². The molecule has 0 fully saturated rings. The van der Waals surface area contributed by atoms with E-state index in [1.165, 1.54) is 11.0 Å². The Kier molecular flexibility index (Phi) is 5.61. The maximum Gasteiger partial charge on any atom is 0.244 e. The first kappa shape index (κ1) is 14.5. The predicted octanol–water partition coefficient (Wildman–Crippen LogP) is 1.29. The van der Waals surface area contributed by atoms with Crippen molar-refractivity contribution in [3.63, 3.8) is 0 Å². The van der Waals surface area contributed by atoms with Gasteiger partial charge in [0, 0.05) is 12.6 Å². The van der Waals surface area contributed by atoms with E-state index >= 15 is 0 Å². The van der Waals surface area contributed by atoms with Gasteiger partial charge in [0.1, 0.15) is 12.9 Å². The molecule has 0 aliphatic rings. The molecule has 0 bridgehead atoms. The van der Waals surface area contributed by atoms with Crippen LogP contribution in [-0.2, 0) is 11.3 Å². The van der Waals surface area contributed by atoms with Gasteiger partial charge in [0.2, 0.25) is 11.9 Å². The van der Waals surface area contributed by atoms with Gasteiger partial charge in [0.25, 0.3) is 0 Å². The van der Waals surface area contributed by atoms with E-state index in [0.717, 1.165) is 25.8 Å². The summed E-state index contributed by atoms with van der Waals surface area (Å²) < 4.78 is 1.49. The van der Waals surface area contributed by atoms with Crippen molar-refractivity contribution < 1.29 is 4.79 Å². The largest absolute Gasteiger partial charge is 0.367 e. The number of carbonyl (C=O) groups excluding carboxylic acids is 1. The van der Waals surface area contributed by atoms with Crippen molar-refractivity contribution in [2.75, 3.05) is 12.3 Å².